The summed E-state index contributed by atoms with van der Waals surface area (Å²) in [6.45, 7) is 5.30. The van der Waals surface area contributed by atoms with Gasteiger partial charge in [-0.1, -0.05) is 59.7 Å². The second-order valence-corrected chi connectivity index (χ2v) is 4.75. The molecule has 0 amide bonds. The first-order valence-corrected chi connectivity index (χ1v) is 6.66. The minimum Gasteiger partial charge on any atom is -0.426 e. The average Bonchev–Trinajstić information content (AvgIpc) is 2.42. The molecule has 2 rings (SSSR count). The molecule has 0 atom stereocenters. The zero-order chi connectivity index (χ0) is 13.7. The summed E-state index contributed by atoms with van der Waals surface area (Å²) in [5, 5.41) is 0. The number of hydrogen-bond donors (Lipinski definition) is 1. The lowest BCUT2D eigenvalue weighted by Gasteiger charge is -2.18. The largest absolute Gasteiger partial charge is 0.426 e. The monoisotopic (exact) mass is 253 g/mol. The van der Waals surface area contributed by atoms with Crippen molar-refractivity contribution in [2.45, 2.75) is 13.8 Å². The molecule has 0 fully saturated rings. The Kier molecular flexibility index (Phi) is 4.77. The van der Waals surface area contributed by atoms with Gasteiger partial charge < -0.3 is 10.4 Å². The molecule has 2 N–H and O–H groups in total. The quantitative estimate of drug-likeness (QED) is 0.817. The first-order valence-electron chi connectivity index (χ1n) is 6.66. The summed E-state index contributed by atoms with van der Waals surface area (Å²) in [5.74, 6) is 0. The van der Waals surface area contributed by atoms with Gasteiger partial charge in [0.1, 0.15) is 0 Å². The molecule has 0 saturated heterocycles. The number of hydrogen-bond acceptors (Lipinski definition) is 2. The van der Waals surface area contributed by atoms with E-state index >= 15 is 0 Å². The smallest absolute Gasteiger partial charge is 0.362 e. The lowest BCUT2D eigenvalue weighted by atomic mass is 9.53. The van der Waals surface area contributed by atoms with Crippen LogP contribution in [-0.2, 0) is 4.65 Å². The molecule has 0 bridgehead atoms. The Hall–Kier alpha value is -1.58. The molecule has 0 aliphatic carbocycles. The summed E-state index contributed by atoms with van der Waals surface area (Å²) in [7, 11) is 0. The number of aryl methyl sites for hydroxylation is 2. The molecule has 0 unspecified atom stereocenters. The summed E-state index contributed by atoms with van der Waals surface area (Å²) in [5.41, 5.74) is 10.5. The van der Waals surface area contributed by atoms with Crippen molar-refractivity contribution in [1.29, 1.82) is 0 Å². The van der Waals surface area contributed by atoms with Crippen molar-refractivity contribution in [3.05, 3.63) is 59.7 Å². The summed E-state index contributed by atoms with van der Waals surface area (Å²) >= 11 is 0. The van der Waals surface area contributed by atoms with Gasteiger partial charge in [-0.3, -0.25) is 0 Å². The highest BCUT2D eigenvalue weighted by Gasteiger charge is 2.23. The first-order chi connectivity index (χ1) is 9.24. The van der Waals surface area contributed by atoms with Gasteiger partial charge in [-0.2, -0.15) is 0 Å². The van der Waals surface area contributed by atoms with Crippen molar-refractivity contribution >= 4 is 17.8 Å². The summed E-state index contributed by atoms with van der Waals surface area (Å²) in [4.78, 5) is 0. The lowest BCUT2D eigenvalue weighted by Crippen LogP contribution is -2.48. The van der Waals surface area contributed by atoms with E-state index in [-0.39, 0.29) is 6.92 Å². The molecule has 0 saturated carbocycles. The highest BCUT2D eigenvalue weighted by atomic mass is 16.4. The van der Waals surface area contributed by atoms with Crippen LogP contribution in [0.25, 0.3) is 0 Å². The summed E-state index contributed by atoms with van der Waals surface area (Å²) < 4.78 is 6.00. The van der Waals surface area contributed by atoms with E-state index in [0.717, 1.165) is 0 Å². The van der Waals surface area contributed by atoms with Crippen LogP contribution in [0.1, 0.15) is 11.1 Å². The molecule has 2 aromatic rings. The van der Waals surface area contributed by atoms with Crippen LogP contribution in [0.15, 0.2) is 48.5 Å². The van der Waals surface area contributed by atoms with E-state index in [1.165, 1.54) is 22.1 Å². The van der Waals surface area contributed by atoms with Gasteiger partial charge in [0.15, 0.2) is 0 Å². The summed E-state index contributed by atoms with van der Waals surface area (Å²) in [6, 6.07) is 16.7. The Morgan fingerprint density at radius 1 is 0.895 bits per heavy atom. The molecule has 0 spiro atoms. The Balaban J connectivity index is 2.42. The lowest BCUT2D eigenvalue weighted by molar-refractivity contribution is 0.344. The van der Waals surface area contributed by atoms with Crippen molar-refractivity contribution in [1.82, 2.24) is 0 Å². The van der Waals surface area contributed by atoms with Gasteiger partial charge in [0.05, 0.1) is 0 Å². The third-order valence-corrected chi connectivity index (χ3v) is 3.34. The third kappa shape index (κ3) is 3.25. The average molecular weight is 253 g/mol. The van der Waals surface area contributed by atoms with Crippen LogP contribution in [0, 0.1) is 13.8 Å². The Labute approximate surface area is 115 Å². The van der Waals surface area contributed by atoms with Gasteiger partial charge in [0.25, 0.3) is 0 Å². The van der Waals surface area contributed by atoms with E-state index < -0.39 is 0 Å². The maximum Gasteiger partial charge on any atom is 0.362 e. The van der Waals surface area contributed by atoms with Crippen molar-refractivity contribution in [3.8, 4) is 0 Å². The predicted molar refractivity (Wildman–Crippen MR) is 82.4 cm³/mol. The number of benzene rings is 2. The fourth-order valence-electron chi connectivity index (χ4n) is 2.29. The van der Waals surface area contributed by atoms with Crippen molar-refractivity contribution < 1.29 is 4.65 Å². The SMILES string of the molecule is Cc1ccccc1B(OCCN)c1ccccc1C. The Morgan fingerprint density at radius 3 is 1.79 bits per heavy atom. The van der Waals surface area contributed by atoms with E-state index in [0.29, 0.717) is 13.2 Å². The first kappa shape index (κ1) is 13.8. The van der Waals surface area contributed by atoms with Crippen LogP contribution in [0.3, 0.4) is 0 Å². The van der Waals surface area contributed by atoms with Crippen LogP contribution < -0.4 is 16.7 Å². The van der Waals surface area contributed by atoms with E-state index in [9.17, 15) is 0 Å². The van der Waals surface area contributed by atoms with Crippen LogP contribution >= 0.6 is 0 Å². The zero-order valence-electron chi connectivity index (χ0n) is 11.6. The molecule has 0 aliphatic rings. The van der Waals surface area contributed by atoms with Crippen LogP contribution in [0.4, 0.5) is 0 Å². The standard InChI is InChI=1S/C16H20BNO/c1-13-7-3-5-9-15(13)17(19-12-11-18)16-10-6-4-8-14(16)2/h3-10H,11-12,18H2,1-2H3. The maximum atomic E-state index is 6.00. The fraction of sp³-hybridized carbons (Fsp3) is 0.250. The molecule has 3 heteroatoms. The molecule has 0 radical (unpaired) electrons. The van der Waals surface area contributed by atoms with Gasteiger partial charge in [-0.05, 0) is 24.8 Å². The maximum absolute atomic E-state index is 6.00. The molecule has 2 nitrogen and oxygen atoms in total. The number of rotatable bonds is 5. The fourth-order valence-corrected chi connectivity index (χ4v) is 2.29. The summed E-state index contributed by atoms with van der Waals surface area (Å²) in [6.07, 6.45) is 0. The molecule has 2 aromatic carbocycles. The van der Waals surface area contributed by atoms with E-state index in [2.05, 4.69) is 62.4 Å². The van der Waals surface area contributed by atoms with E-state index in [1.807, 2.05) is 0 Å². The van der Waals surface area contributed by atoms with E-state index in [4.69, 9.17) is 10.4 Å². The Morgan fingerprint density at radius 2 is 1.37 bits per heavy atom. The number of nitrogens with two attached hydrogens (primary N) is 1. The normalized spacial score (nSPS) is 10.5. The van der Waals surface area contributed by atoms with Crippen molar-refractivity contribution in [3.63, 3.8) is 0 Å². The second-order valence-electron chi connectivity index (χ2n) is 4.75. The predicted octanol–water partition coefficient (Wildman–Crippen LogP) is 1.38. The molecular weight excluding hydrogens is 233 g/mol. The molecule has 0 aliphatic heterocycles. The zero-order valence-corrected chi connectivity index (χ0v) is 11.6. The Bertz CT molecular complexity index is 496. The van der Waals surface area contributed by atoms with Gasteiger partial charge in [-0.25, -0.2) is 0 Å². The minimum absolute atomic E-state index is 0.0362. The van der Waals surface area contributed by atoms with E-state index in [1.54, 1.807) is 0 Å². The topological polar surface area (TPSA) is 35.2 Å². The minimum atomic E-state index is -0.0362. The third-order valence-electron chi connectivity index (χ3n) is 3.34. The van der Waals surface area contributed by atoms with Crippen LogP contribution in [0.2, 0.25) is 0 Å². The molecule has 0 aromatic heterocycles. The van der Waals surface area contributed by atoms with Crippen molar-refractivity contribution in [2.24, 2.45) is 5.73 Å². The van der Waals surface area contributed by atoms with Crippen LogP contribution in [0.5, 0.6) is 0 Å². The highest BCUT2D eigenvalue weighted by molar-refractivity contribution is 6.80. The van der Waals surface area contributed by atoms with Gasteiger partial charge in [0, 0.05) is 13.2 Å². The second kappa shape index (κ2) is 6.55. The van der Waals surface area contributed by atoms with Gasteiger partial charge >= 0.3 is 6.92 Å². The van der Waals surface area contributed by atoms with Crippen molar-refractivity contribution in [2.75, 3.05) is 13.2 Å². The molecular formula is C16H20BNO. The molecule has 0 heterocycles. The van der Waals surface area contributed by atoms with Gasteiger partial charge in [0.2, 0.25) is 0 Å². The van der Waals surface area contributed by atoms with Crippen LogP contribution in [-0.4, -0.2) is 20.1 Å². The molecule has 98 valence electrons. The molecule has 19 heavy (non-hydrogen) atoms. The highest BCUT2D eigenvalue weighted by Crippen LogP contribution is 2.02. The van der Waals surface area contributed by atoms with Gasteiger partial charge in [-0.15, -0.1) is 0 Å².